The van der Waals surface area contributed by atoms with Gasteiger partial charge < -0.3 is 10.5 Å². The van der Waals surface area contributed by atoms with Crippen LogP contribution in [0.15, 0.2) is 18.2 Å². The number of hydrogen-bond donors (Lipinski definition) is 1. The minimum atomic E-state index is -0.271. The smallest absolute Gasteiger partial charge is 0.165 e. The molecule has 1 aliphatic rings. The van der Waals surface area contributed by atoms with Gasteiger partial charge in [-0.1, -0.05) is 6.07 Å². The number of nitrogens with two attached hydrogens (primary N) is 1. The molecule has 1 saturated carbocycles. The Hall–Kier alpha value is -1.09. The number of hydrogen-bond acceptors (Lipinski definition) is 2. The van der Waals surface area contributed by atoms with Gasteiger partial charge in [-0.2, -0.15) is 0 Å². The summed E-state index contributed by atoms with van der Waals surface area (Å²) in [7, 11) is 0. The molecule has 0 aromatic heterocycles. The Balaban J connectivity index is 2.08. The molecule has 0 atom stereocenters. The molecule has 1 fully saturated rings. The van der Waals surface area contributed by atoms with E-state index < -0.39 is 0 Å². The van der Waals surface area contributed by atoms with E-state index in [9.17, 15) is 4.39 Å². The van der Waals surface area contributed by atoms with Crippen molar-refractivity contribution in [3.05, 3.63) is 29.6 Å². The lowest BCUT2D eigenvalue weighted by Gasteiger charge is -2.14. The summed E-state index contributed by atoms with van der Waals surface area (Å²) in [5, 5.41) is 0. The van der Waals surface area contributed by atoms with Crippen molar-refractivity contribution >= 4 is 0 Å². The number of rotatable bonds is 4. The van der Waals surface area contributed by atoms with E-state index in [1.807, 2.05) is 0 Å². The molecule has 2 N–H and O–H groups in total. The van der Waals surface area contributed by atoms with Crippen LogP contribution in [0.3, 0.4) is 0 Å². The predicted octanol–water partition coefficient (Wildman–Crippen LogP) is 2.65. The largest absolute Gasteiger partial charge is 0.487 e. The topological polar surface area (TPSA) is 35.2 Å². The zero-order chi connectivity index (χ0) is 11.4. The maximum Gasteiger partial charge on any atom is 0.165 e. The average molecular weight is 223 g/mol. The molecule has 3 heteroatoms. The minimum absolute atomic E-state index is 0.197. The van der Waals surface area contributed by atoms with Crippen molar-refractivity contribution < 1.29 is 9.13 Å². The van der Waals surface area contributed by atoms with E-state index in [-0.39, 0.29) is 11.9 Å². The van der Waals surface area contributed by atoms with Crippen LogP contribution in [0.2, 0.25) is 0 Å². The first-order chi connectivity index (χ1) is 7.79. The van der Waals surface area contributed by atoms with Crippen molar-refractivity contribution in [3.63, 3.8) is 0 Å². The first-order valence-electron chi connectivity index (χ1n) is 5.95. The molecular weight excluding hydrogens is 205 g/mol. The van der Waals surface area contributed by atoms with Gasteiger partial charge in [0.2, 0.25) is 0 Å². The van der Waals surface area contributed by atoms with E-state index in [0.29, 0.717) is 12.3 Å². The van der Waals surface area contributed by atoms with Crippen molar-refractivity contribution in [2.45, 2.75) is 38.2 Å². The van der Waals surface area contributed by atoms with Gasteiger partial charge in [-0.15, -0.1) is 0 Å². The standard InChI is InChI=1S/C13H18FNO/c14-12-6-5-10(7-8-15)9-13(12)16-11-3-1-2-4-11/h5-6,9,11H,1-4,7-8,15H2. The van der Waals surface area contributed by atoms with Crippen molar-refractivity contribution in [2.24, 2.45) is 5.73 Å². The summed E-state index contributed by atoms with van der Waals surface area (Å²) < 4.78 is 19.2. The van der Waals surface area contributed by atoms with Crippen LogP contribution < -0.4 is 10.5 Å². The third-order valence-electron chi connectivity index (χ3n) is 3.02. The summed E-state index contributed by atoms with van der Waals surface area (Å²) in [6, 6.07) is 5.01. The minimum Gasteiger partial charge on any atom is -0.487 e. The Morgan fingerprint density at radius 2 is 2.06 bits per heavy atom. The van der Waals surface area contributed by atoms with Crippen LogP contribution in [0, 0.1) is 5.82 Å². The van der Waals surface area contributed by atoms with E-state index in [2.05, 4.69) is 0 Å². The zero-order valence-corrected chi connectivity index (χ0v) is 9.42. The molecule has 1 aliphatic carbocycles. The Labute approximate surface area is 95.6 Å². The van der Waals surface area contributed by atoms with Gasteiger partial charge >= 0.3 is 0 Å². The van der Waals surface area contributed by atoms with Crippen molar-refractivity contribution in [2.75, 3.05) is 6.54 Å². The maximum absolute atomic E-state index is 13.5. The molecule has 1 aromatic rings. The molecule has 88 valence electrons. The van der Waals surface area contributed by atoms with Gasteiger partial charge in [-0.25, -0.2) is 4.39 Å². The summed E-state index contributed by atoms with van der Waals surface area (Å²) in [5.74, 6) is 0.116. The van der Waals surface area contributed by atoms with Crippen molar-refractivity contribution in [3.8, 4) is 5.75 Å². The fraction of sp³-hybridized carbons (Fsp3) is 0.538. The molecule has 0 aliphatic heterocycles. The van der Waals surface area contributed by atoms with Gasteiger partial charge in [0.05, 0.1) is 6.10 Å². The van der Waals surface area contributed by atoms with Crippen LogP contribution in [0.5, 0.6) is 5.75 Å². The van der Waals surface area contributed by atoms with Gasteiger partial charge in [0.1, 0.15) is 0 Å². The highest BCUT2D eigenvalue weighted by Crippen LogP contribution is 2.26. The molecule has 1 aromatic carbocycles. The van der Waals surface area contributed by atoms with Gasteiger partial charge in [-0.3, -0.25) is 0 Å². The van der Waals surface area contributed by atoms with Gasteiger partial charge in [-0.05, 0) is 56.3 Å². The molecule has 2 nitrogen and oxygen atoms in total. The number of halogens is 1. The summed E-state index contributed by atoms with van der Waals surface area (Å²) in [6.45, 7) is 0.578. The lowest BCUT2D eigenvalue weighted by atomic mass is 10.1. The Morgan fingerprint density at radius 1 is 1.31 bits per heavy atom. The maximum atomic E-state index is 13.5. The Kier molecular flexibility index (Phi) is 3.78. The fourth-order valence-electron chi connectivity index (χ4n) is 2.15. The number of benzene rings is 1. The first kappa shape index (κ1) is 11.4. The molecule has 0 heterocycles. The van der Waals surface area contributed by atoms with Crippen LogP contribution >= 0.6 is 0 Å². The summed E-state index contributed by atoms with van der Waals surface area (Å²) in [5.41, 5.74) is 6.52. The highest BCUT2D eigenvalue weighted by atomic mass is 19.1. The first-order valence-corrected chi connectivity index (χ1v) is 5.95. The second-order valence-corrected chi connectivity index (χ2v) is 4.33. The second kappa shape index (κ2) is 5.30. The predicted molar refractivity (Wildman–Crippen MR) is 62.0 cm³/mol. The van der Waals surface area contributed by atoms with Crippen LogP contribution in [-0.4, -0.2) is 12.6 Å². The highest BCUT2D eigenvalue weighted by Gasteiger charge is 2.18. The highest BCUT2D eigenvalue weighted by molar-refractivity contribution is 5.30. The monoisotopic (exact) mass is 223 g/mol. The normalized spacial score (nSPS) is 16.6. The third kappa shape index (κ3) is 2.73. The number of ether oxygens (including phenoxy) is 1. The zero-order valence-electron chi connectivity index (χ0n) is 9.42. The van der Waals surface area contributed by atoms with E-state index in [1.54, 1.807) is 12.1 Å². The van der Waals surface area contributed by atoms with E-state index in [4.69, 9.17) is 10.5 Å². The quantitative estimate of drug-likeness (QED) is 0.851. The van der Waals surface area contributed by atoms with Gasteiger partial charge in [0.15, 0.2) is 11.6 Å². The Bertz CT molecular complexity index is 348. The van der Waals surface area contributed by atoms with Crippen molar-refractivity contribution in [1.82, 2.24) is 0 Å². The molecular formula is C13H18FNO. The lowest BCUT2D eigenvalue weighted by Crippen LogP contribution is -2.12. The van der Waals surface area contributed by atoms with Crippen molar-refractivity contribution in [1.29, 1.82) is 0 Å². The van der Waals surface area contributed by atoms with E-state index in [0.717, 1.165) is 24.8 Å². The third-order valence-corrected chi connectivity index (χ3v) is 3.02. The summed E-state index contributed by atoms with van der Waals surface area (Å²) in [6.07, 6.45) is 5.43. The molecule has 0 saturated heterocycles. The Morgan fingerprint density at radius 3 is 2.75 bits per heavy atom. The summed E-state index contributed by atoms with van der Waals surface area (Å²) >= 11 is 0. The second-order valence-electron chi connectivity index (χ2n) is 4.33. The summed E-state index contributed by atoms with van der Waals surface area (Å²) in [4.78, 5) is 0. The molecule has 0 spiro atoms. The van der Waals surface area contributed by atoms with Gasteiger partial charge in [0, 0.05) is 0 Å². The molecule has 16 heavy (non-hydrogen) atoms. The molecule has 0 amide bonds. The van der Waals surface area contributed by atoms with Crippen LogP contribution in [-0.2, 0) is 6.42 Å². The van der Waals surface area contributed by atoms with Gasteiger partial charge in [0.25, 0.3) is 0 Å². The molecule has 2 rings (SSSR count). The molecule has 0 radical (unpaired) electrons. The van der Waals surface area contributed by atoms with E-state index >= 15 is 0 Å². The fourth-order valence-corrected chi connectivity index (χ4v) is 2.15. The van der Waals surface area contributed by atoms with E-state index in [1.165, 1.54) is 18.9 Å². The average Bonchev–Trinajstić information content (AvgIpc) is 2.76. The van der Waals surface area contributed by atoms with Crippen LogP contribution in [0.1, 0.15) is 31.2 Å². The van der Waals surface area contributed by atoms with Crippen LogP contribution in [0.4, 0.5) is 4.39 Å². The lowest BCUT2D eigenvalue weighted by molar-refractivity contribution is 0.200. The molecule has 0 unspecified atom stereocenters. The van der Waals surface area contributed by atoms with Crippen LogP contribution in [0.25, 0.3) is 0 Å². The molecule has 0 bridgehead atoms. The SMILES string of the molecule is NCCc1ccc(F)c(OC2CCCC2)c1.